The first-order valence-electron chi connectivity index (χ1n) is 7.23. The van der Waals surface area contributed by atoms with Gasteiger partial charge in [0.15, 0.2) is 0 Å². The van der Waals surface area contributed by atoms with Crippen LogP contribution in [0.4, 0.5) is 11.4 Å². The number of hydrogen-bond donors (Lipinski definition) is 0. The molecule has 0 aliphatic carbocycles. The van der Waals surface area contributed by atoms with Crippen LogP contribution in [0.25, 0.3) is 0 Å². The lowest BCUT2D eigenvalue weighted by molar-refractivity contribution is -0.384. The molecular weight excluding hydrogens is 294 g/mol. The van der Waals surface area contributed by atoms with Gasteiger partial charge in [0.25, 0.3) is 11.6 Å². The number of carbonyl (C=O) groups is 1. The summed E-state index contributed by atoms with van der Waals surface area (Å²) in [4.78, 5) is 22.8. The van der Waals surface area contributed by atoms with E-state index in [-0.39, 0.29) is 17.5 Å². The number of hydrogen-bond acceptors (Lipinski definition) is 4. The van der Waals surface area contributed by atoms with Crippen LogP contribution >= 0.6 is 0 Å². The molecule has 1 atom stereocenters. The van der Waals surface area contributed by atoms with Crippen molar-refractivity contribution in [1.82, 2.24) is 0 Å². The molecule has 0 spiro atoms. The zero-order chi connectivity index (χ0) is 16.4. The lowest BCUT2D eigenvalue weighted by atomic mass is 9.95. The summed E-state index contributed by atoms with van der Waals surface area (Å²) in [6.45, 7) is 1.83. The van der Waals surface area contributed by atoms with Crippen molar-refractivity contribution in [1.29, 1.82) is 0 Å². The van der Waals surface area contributed by atoms with Gasteiger partial charge in [-0.2, -0.15) is 5.10 Å². The molecule has 0 bridgehead atoms. The minimum Gasteiger partial charge on any atom is -0.272 e. The second-order valence-electron chi connectivity index (χ2n) is 5.41. The van der Waals surface area contributed by atoms with Crippen LogP contribution in [0, 0.1) is 16.0 Å². The quantitative estimate of drug-likeness (QED) is 0.643. The zero-order valence-electron chi connectivity index (χ0n) is 12.5. The van der Waals surface area contributed by atoms with Crippen molar-refractivity contribution in [3.8, 4) is 0 Å². The second kappa shape index (κ2) is 6.00. The maximum Gasteiger partial charge on any atom is 0.269 e. The number of carbonyl (C=O) groups excluding carboxylic acids is 1. The Balaban J connectivity index is 1.78. The minimum atomic E-state index is -0.436. The number of non-ortho nitro benzene ring substituents is 1. The monoisotopic (exact) mass is 309 g/mol. The van der Waals surface area contributed by atoms with E-state index in [0.29, 0.717) is 6.42 Å². The van der Waals surface area contributed by atoms with Crippen LogP contribution in [0.3, 0.4) is 0 Å². The van der Waals surface area contributed by atoms with E-state index in [1.165, 1.54) is 17.1 Å². The van der Waals surface area contributed by atoms with Gasteiger partial charge in [0.2, 0.25) is 0 Å². The molecule has 0 saturated heterocycles. The first-order chi connectivity index (χ1) is 11.1. The highest BCUT2D eigenvalue weighted by Crippen LogP contribution is 2.26. The van der Waals surface area contributed by atoms with Crippen molar-refractivity contribution >= 4 is 23.0 Å². The topological polar surface area (TPSA) is 75.8 Å². The number of nitro benzene ring substituents is 1. The van der Waals surface area contributed by atoms with Gasteiger partial charge in [-0.3, -0.25) is 14.9 Å². The fourth-order valence-corrected chi connectivity index (χ4v) is 2.58. The van der Waals surface area contributed by atoms with Crippen LogP contribution in [-0.4, -0.2) is 16.5 Å². The van der Waals surface area contributed by atoms with Crippen molar-refractivity contribution in [2.24, 2.45) is 11.0 Å². The van der Waals surface area contributed by atoms with Crippen LogP contribution in [0.2, 0.25) is 0 Å². The molecule has 116 valence electrons. The normalized spacial score (nSPS) is 17.3. The van der Waals surface area contributed by atoms with Gasteiger partial charge in [-0.05, 0) is 31.0 Å². The Morgan fingerprint density at radius 3 is 2.39 bits per heavy atom. The number of rotatable bonds is 4. The van der Waals surface area contributed by atoms with E-state index in [4.69, 9.17) is 0 Å². The smallest absolute Gasteiger partial charge is 0.269 e. The highest BCUT2D eigenvalue weighted by Gasteiger charge is 2.34. The van der Waals surface area contributed by atoms with E-state index in [9.17, 15) is 14.9 Å². The largest absolute Gasteiger partial charge is 0.272 e. The Morgan fingerprint density at radius 2 is 1.78 bits per heavy atom. The Kier molecular flexibility index (Phi) is 3.89. The third-order valence-electron chi connectivity index (χ3n) is 3.86. The van der Waals surface area contributed by atoms with E-state index in [1.807, 2.05) is 37.3 Å². The van der Waals surface area contributed by atoms with Crippen molar-refractivity contribution in [3.05, 3.63) is 70.3 Å². The Hall–Kier alpha value is -3.02. The van der Waals surface area contributed by atoms with Crippen LogP contribution < -0.4 is 5.01 Å². The lowest BCUT2D eigenvalue weighted by Crippen LogP contribution is -2.28. The molecule has 0 fully saturated rings. The minimum absolute atomic E-state index is 0.0443. The average Bonchev–Trinajstić information content (AvgIpc) is 2.84. The first kappa shape index (κ1) is 14.9. The van der Waals surface area contributed by atoms with Gasteiger partial charge in [0.1, 0.15) is 0 Å². The highest BCUT2D eigenvalue weighted by molar-refractivity contribution is 6.14. The summed E-state index contributed by atoms with van der Waals surface area (Å²) in [6, 6.07) is 15.6. The maximum atomic E-state index is 12.6. The second-order valence-corrected chi connectivity index (χ2v) is 5.41. The highest BCUT2D eigenvalue weighted by atomic mass is 16.6. The van der Waals surface area contributed by atoms with Crippen LogP contribution in [0.15, 0.2) is 59.7 Å². The maximum absolute atomic E-state index is 12.6. The van der Waals surface area contributed by atoms with Crippen molar-refractivity contribution in [2.45, 2.75) is 13.3 Å². The summed E-state index contributed by atoms with van der Waals surface area (Å²) in [5.41, 5.74) is 2.40. The zero-order valence-corrected chi connectivity index (χ0v) is 12.5. The summed E-state index contributed by atoms with van der Waals surface area (Å²) in [5, 5.41) is 16.5. The molecule has 6 nitrogen and oxygen atoms in total. The van der Waals surface area contributed by atoms with Crippen molar-refractivity contribution < 1.29 is 9.72 Å². The molecule has 3 rings (SSSR count). The third-order valence-corrected chi connectivity index (χ3v) is 3.86. The summed E-state index contributed by atoms with van der Waals surface area (Å²) >= 11 is 0. The summed E-state index contributed by atoms with van der Waals surface area (Å²) in [6.07, 6.45) is 0.482. The molecular formula is C17H15N3O3. The Bertz CT molecular complexity index is 769. The number of anilines is 1. The van der Waals surface area contributed by atoms with E-state index in [1.54, 1.807) is 12.1 Å². The number of para-hydroxylation sites is 1. The van der Waals surface area contributed by atoms with Gasteiger partial charge < -0.3 is 0 Å². The van der Waals surface area contributed by atoms with Crippen LogP contribution in [0.5, 0.6) is 0 Å². The molecule has 0 radical (unpaired) electrons. The number of nitrogens with zero attached hydrogens (tertiary/aromatic N) is 3. The van der Waals surface area contributed by atoms with Crippen molar-refractivity contribution in [3.63, 3.8) is 0 Å². The fourth-order valence-electron chi connectivity index (χ4n) is 2.58. The number of hydrazone groups is 1. The van der Waals surface area contributed by atoms with E-state index < -0.39 is 4.92 Å². The molecule has 0 aromatic heterocycles. The Morgan fingerprint density at radius 1 is 1.13 bits per heavy atom. The van der Waals surface area contributed by atoms with Crippen LogP contribution in [0.1, 0.15) is 12.5 Å². The van der Waals surface area contributed by atoms with Gasteiger partial charge in [0, 0.05) is 17.8 Å². The fraction of sp³-hybridized carbons (Fsp3) is 0.176. The number of benzene rings is 2. The van der Waals surface area contributed by atoms with Gasteiger partial charge in [-0.15, -0.1) is 0 Å². The van der Waals surface area contributed by atoms with E-state index in [0.717, 1.165) is 17.0 Å². The van der Waals surface area contributed by atoms with Gasteiger partial charge in [-0.1, -0.05) is 30.3 Å². The van der Waals surface area contributed by atoms with E-state index in [2.05, 4.69) is 5.10 Å². The molecule has 0 saturated carbocycles. The average molecular weight is 309 g/mol. The molecule has 23 heavy (non-hydrogen) atoms. The molecule has 1 amide bonds. The Labute approximate surface area is 133 Å². The molecule has 1 aliphatic rings. The summed E-state index contributed by atoms with van der Waals surface area (Å²) < 4.78 is 0. The standard InChI is InChI=1S/C17H15N3O3/c1-12-16(11-13-7-9-15(10-8-13)20(22)23)17(21)19(18-12)14-5-3-2-4-6-14/h2-10,16H,11H2,1H3/t16-/m1/s1. The van der Waals surface area contributed by atoms with Gasteiger partial charge in [-0.25, -0.2) is 5.01 Å². The predicted octanol–water partition coefficient (Wildman–Crippen LogP) is 3.18. The predicted molar refractivity (Wildman–Crippen MR) is 87.3 cm³/mol. The SMILES string of the molecule is CC1=NN(c2ccccc2)C(=O)[C@@H]1Cc1ccc([N+](=O)[O-])cc1. The molecule has 0 unspecified atom stereocenters. The summed E-state index contributed by atoms with van der Waals surface area (Å²) in [5.74, 6) is -0.413. The molecule has 2 aromatic carbocycles. The number of amides is 1. The molecule has 2 aromatic rings. The van der Waals surface area contributed by atoms with Gasteiger partial charge in [0.05, 0.1) is 16.5 Å². The molecule has 1 heterocycles. The number of nitro groups is 1. The lowest BCUT2D eigenvalue weighted by Gasteiger charge is -2.14. The van der Waals surface area contributed by atoms with E-state index >= 15 is 0 Å². The first-order valence-corrected chi connectivity index (χ1v) is 7.23. The summed E-state index contributed by atoms with van der Waals surface area (Å²) in [7, 11) is 0. The van der Waals surface area contributed by atoms with Crippen LogP contribution in [-0.2, 0) is 11.2 Å². The molecule has 1 aliphatic heterocycles. The van der Waals surface area contributed by atoms with Crippen molar-refractivity contribution in [2.75, 3.05) is 5.01 Å². The third kappa shape index (κ3) is 2.96. The van der Waals surface area contributed by atoms with Gasteiger partial charge >= 0.3 is 0 Å². The molecule has 6 heteroatoms. The molecule has 0 N–H and O–H groups in total.